The predicted molar refractivity (Wildman–Crippen MR) is 89.3 cm³/mol. The maximum atomic E-state index is 6.68. The van der Waals surface area contributed by atoms with Crippen LogP contribution in [0.2, 0.25) is 8.87 Å². The van der Waals surface area contributed by atoms with Gasteiger partial charge in [-0.2, -0.15) is 0 Å². The molecule has 23 heavy (non-hydrogen) atoms. The van der Waals surface area contributed by atoms with Gasteiger partial charge in [-0.15, -0.1) is 0 Å². The van der Waals surface area contributed by atoms with Crippen molar-refractivity contribution < 1.29 is 20.4 Å². The van der Waals surface area contributed by atoms with Crippen LogP contribution < -0.4 is 0 Å². The minimum atomic E-state index is -2.93. The SMILES string of the molecule is CCC[CH2][Sn]1([CH2]CCC)[O][C@H]2C[C@@]3(COC(C)(C)O3)OC[C@H]2[O]1. The van der Waals surface area contributed by atoms with Gasteiger partial charge in [0.1, 0.15) is 0 Å². The first-order valence-electron chi connectivity index (χ1n) is 9.25. The summed E-state index contributed by atoms with van der Waals surface area (Å²) in [6, 6.07) is 0. The molecule has 3 atom stereocenters. The molecule has 3 heterocycles. The third-order valence-corrected chi connectivity index (χ3v) is 15.6. The predicted octanol–water partition coefficient (Wildman–Crippen LogP) is 3.71. The molecular formula is C17H32O5Sn. The Bertz CT molecular complexity index is 408. The van der Waals surface area contributed by atoms with Crippen LogP contribution in [0.3, 0.4) is 0 Å². The third kappa shape index (κ3) is 4.06. The Kier molecular flexibility index (Phi) is 5.66. The van der Waals surface area contributed by atoms with Crippen LogP contribution in [-0.4, -0.2) is 56.2 Å². The number of fused-ring (bicyclic) bond motifs is 1. The normalized spacial score (nSPS) is 38.1. The van der Waals surface area contributed by atoms with Crippen LogP contribution in [0.15, 0.2) is 0 Å². The maximum absolute atomic E-state index is 6.68. The fourth-order valence-corrected chi connectivity index (χ4v) is 15.6. The molecule has 0 saturated carbocycles. The van der Waals surface area contributed by atoms with Crippen LogP contribution in [0.5, 0.6) is 0 Å². The molecule has 3 aliphatic heterocycles. The molecule has 0 radical (unpaired) electrons. The number of ether oxygens (including phenoxy) is 3. The first kappa shape index (κ1) is 18.4. The minimum absolute atomic E-state index is 0.109. The second kappa shape index (κ2) is 7.08. The van der Waals surface area contributed by atoms with Crippen molar-refractivity contribution in [2.24, 2.45) is 0 Å². The topological polar surface area (TPSA) is 46.2 Å². The van der Waals surface area contributed by atoms with E-state index in [1.54, 1.807) is 0 Å². The number of hydrogen-bond donors (Lipinski definition) is 0. The summed E-state index contributed by atoms with van der Waals surface area (Å²) < 4.78 is 33.5. The van der Waals surface area contributed by atoms with Gasteiger partial charge in [-0.3, -0.25) is 0 Å². The monoisotopic (exact) mass is 436 g/mol. The van der Waals surface area contributed by atoms with Crippen molar-refractivity contribution in [2.45, 2.75) is 92.5 Å². The average Bonchev–Trinajstić information content (AvgIpc) is 3.01. The Labute approximate surface area is 145 Å². The molecule has 0 aromatic rings. The molecule has 1 spiro atoms. The van der Waals surface area contributed by atoms with E-state index in [1.807, 2.05) is 13.8 Å². The Hall–Kier alpha value is 0.599. The molecule has 5 nitrogen and oxygen atoms in total. The standard InChI is InChI=1S/C9H14O5.2C4H9.Sn/c1-8(2)13-5-9(14-8)3-6(10)7(11)4-12-9;2*1-3-4-2;/h6-7H,3-5H2,1-2H3;2*1,3-4H2,2H3;/q-2;;;+2/t6-,7+,9+;;;/m0.../s1. The fraction of sp³-hybridized carbons (Fsp3) is 1.00. The molecule has 3 aliphatic rings. The summed E-state index contributed by atoms with van der Waals surface area (Å²) in [5.74, 6) is -1.21. The molecule has 0 amide bonds. The molecule has 0 aromatic heterocycles. The van der Waals surface area contributed by atoms with Crippen LogP contribution in [0.25, 0.3) is 0 Å². The quantitative estimate of drug-likeness (QED) is 0.596. The molecule has 0 N–H and O–H groups in total. The summed E-state index contributed by atoms with van der Waals surface area (Å²) >= 11 is -2.93. The molecule has 3 fully saturated rings. The molecule has 0 unspecified atom stereocenters. The van der Waals surface area contributed by atoms with Gasteiger partial charge in [-0.25, -0.2) is 0 Å². The second-order valence-corrected chi connectivity index (χ2v) is 17.0. The van der Waals surface area contributed by atoms with E-state index < -0.39 is 30.8 Å². The second-order valence-electron chi connectivity index (χ2n) is 7.65. The molecule has 0 aromatic carbocycles. The van der Waals surface area contributed by atoms with Gasteiger partial charge in [0.15, 0.2) is 0 Å². The fourth-order valence-electron chi connectivity index (χ4n) is 3.86. The Morgan fingerprint density at radius 1 is 0.957 bits per heavy atom. The van der Waals surface area contributed by atoms with Gasteiger partial charge in [0, 0.05) is 0 Å². The first-order valence-corrected chi connectivity index (χ1v) is 15.6. The van der Waals surface area contributed by atoms with E-state index in [1.165, 1.54) is 34.6 Å². The van der Waals surface area contributed by atoms with E-state index in [2.05, 4.69) is 13.8 Å². The van der Waals surface area contributed by atoms with Crippen molar-refractivity contribution in [1.29, 1.82) is 0 Å². The van der Waals surface area contributed by atoms with Gasteiger partial charge in [0.05, 0.1) is 0 Å². The number of unbranched alkanes of at least 4 members (excludes halogenated alkanes) is 2. The van der Waals surface area contributed by atoms with E-state index in [9.17, 15) is 0 Å². The Morgan fingerprint density at radius 3 is 2.17 bits per heavy atom. The van der Waals surface area contributed by atoms with Crippen LogP contribution >= 0.6 is 0 Å². The Morgan fingerprint density at radius 2 is 1.61 bits per heavy atom. The third-order valence-electron chi connectivity index (χ3n) is 5.06. The average molecular weight is 435 g/mol. The van der Waals surface area contributed by atoms with Crippen LogP contribution in [0.1, 0.15) is 59.8 Å². The number of rotatable bonds is 6. The van der Waals surface area contributed by atoms with Crippen molar-refractivity contribution in [3.63, 3.8) is 0 Å². The first-order chi connectivity index (χ1) is 10.9. The van der Waals surface area contributed by atoms with Crippen molar-refractivity contribution in [1.82, 2.24) is 0 Å². The summed E-state index contributed by atoms with van der Waals surface area (Å²) in [6.07, 6.45) is 5.83. The van der Waals surface area contributed by atoms with Crippen LogP contribution in [0, 0.1) is 0 Å². The van der Waals surface area contributed by atoms with Gasteiger partial charge < -0.3 is 0 Å². The van der Waals surface area contributed by atoms with Gasteiger partial charge in [0.2, 0.25) is 0 Å². The summed E-state index contributed by atoms with van der Waals surface area (Å²) in [4.78, 5) is 0. The van der Waals surface area contributed by atoms with E-state index in [0.717, 1.165) is 6.42 Å². The van der Waals surface area contributed by atoms with E-state index in [0.29, 0.717) is 13.2 Å². The van der Waals surface area contributed by atoms with Crippen LogP contribution in [-0.2, 0) is 20.4 Å². The van der Waals surface area contributed by atoms with Crippen molar-refractivity contribution in [2.75, 3.05) is 13.2 Å². The van der Waals surface area contributed by atoms with Gasteiger partial charge in [0.25, 0.3) is 0 Å². The molecule has 0 bridgehead atoms. The van der Waals surface area contributed by atoms with E-state index in [4.69, 9.17) is 20.4 Å². The molecule has 3 rings (SSSR count). The molecular weight excluding hydrogens is 403 g/mol. The van der Waals surface area contributed by atoms with Crippen molar-refractivity contribution in [3.05, 3.63) is 0 Å². The summed E-state index contributed by atoms with van der Waals surface area (Å²) in [6.45, 7) is 9.42. The summed E-state index contributed by atoms with van der Waals surface area (Å²) in [7, 11) is 0. The zero-order chi connectivity index (χ0) is 16.6. The van der Waals surface area contributed by atoms with Crippen molar-refractivity contribution >= 4 is 19.2 Å². The van der Waals surface area contributed by atoms with Gasteiger partial charge in [-0.1, -0.05) is 0 Å². The zero-order valence-corrected chi connectivity index (χ0v) is 17.9. The van der Waals surface area contributed by atoms with E-state index in [-0.39, 0.29) is 12.2 Å². The van der Waals surface area contributed by atoms with Gasteiger partial charge >= 0.3 is 145 Å². The molecule has 3 saturated heterocycles. The van der Waals surface area contributed by atoms with Gasteiger partial charge in [-0.05, 0) is 0 Å². The molecule has 134 valence electrons. The Balaban J connectivity index is 1.67. The summed E-state index contributed by atoms with van der Waals surface area (Å²) in [5.41, 5.74) is 0. The zero-order valence-electron chi connectivity index (χ0n) is 15.1. The summed E-state index contributed by atoms with van der Waals surface area (Å²) in [5, 5.41) is 0. The molecule has 6 heteroatoms. The van der Waals surface area contributed by atoms with Crippen molar-refractivity contribution in [3.8, 4) is 0 Å². The molecule has 0 aliphatic carbocycles. The van der Waals surface area contributed by atoms with E-state index >= 15 is 0 Å². The van der Waals surface area contributed by atoms with Crippen LogP contribution in [0.4, 0.5) is 0 Å². The number of hydrogen-bond acceptors (Lipinski definition) is 5.